The normalized spacial score (nSPS) is 14.0. The second-order valence-electron chi connectivity index (χ2n) is 12.9. The van der Waals surface area contributed by atoms with Crippen LogP contribution >= 0.6 is 0 Å². The molecule has 5 nitrogen and oxygen atoms in total. The van der Waals surface area contributed by atoms with Gasteiger partial charge in [-0.1, -0.05) is 74.4 Å². The molecule has 1 aliphatic heterocycles. The largest absolute Gasteiger partial charge is 0.457 e. The molecule has 0 N–H and O–H groups in total. The fraction of sp³-hybridized carbons (Fsp3) is 0.0889. The van der Waals surface area contributed by atoms with Gasteiger partial charge in [-0.05, 0) is 101 Å². The molecule has 0 atom stereocenters. The summed E-state index contributed by atoms with van der Waals surface area (Å²) in [6.45, 7) is 4.68. The highest BCUT2D eigenvalue weighted by atomic mass is 19.1. The number of fused-ring (bicyclic) bond motifs is 4. The van der Waals surface area contributed by atoms with Gasteiger partial charge >= 0.3 is 0 Å². The van der Waals surface area contributed by atoms with E-state index < -0.39 is 18.1 Å². The molecule has 0 amide bonds. The summed E-state index contributed by atoms with van der Waals surface area (Å²) in [5.74, 6) is 1.73. The number of hydrogen-bond donors (Lipinski definition) is 0. The van der Waals surface area contributed by atoms with Gasteiger partial charge in [0.05, 0.1) is 29.3 Å². The molecule has 3 heterocycles. The number of para-hydroxylation sites is 3. The Morgan fingerprint density at radius 3 is 2.18 bits per heavy atom. The third kappa shape index (κ3) is 5.55. The zero-order valence-corrected chi connectivity index (χ0v) is 28.0. The number of hydrogen-bond acceptors (Lipinski definition) is 4. The Morgan fingerprint density at radius 1 is 0.667 bits per heavy atom. The van der Waals surface area contributed by atoms with Gasteiger partial charge in [0.2, 0.25) is 0 Å². The van der Waals surface area contributed by atoms with Crippen LogP contribution in [0.3, 0.4) is 0 Å². The summed E-state index contributed by atoms with van der Waals surface area (Å²) in [6.07, 6.45) is 1.84. The van der Waals surface area contributed by atoms with Gasteiger partial charge in [-0.25, -0.2) is 9.37 Å². The van der Waals surface area contributed by atoms with Gasteiger partial charge in [-0.15, -0.1) is 0 Å². The molecule has 51 heavy (non-hydrogen) atoms. The van der Waals surface area contributed by atoms with Crippen LogP contribution in [-0.4, -0.2) is 16.2 Å². The Hall–Kier alpha value is -6.40. The van der Waals surface area contributed by atoms with Crippen LogP contribution in [0, 0.1) is 5.82 Å². The number of aromatic nitrogens is 2. The molecule has 0 spiro atoms. The van der Waals surface area contributed by atoms with Crippen molar-refractivity contribution in [1.29, 1.82) is 0 Å². The van der Waals surface area contributed by atoms with E-state index >= 15 is 0 Å². The first-order chi connectivity index (χ1) is 27.1. The first-order valence-electron chi connectivity index (χ1n) is 19.4. The summed E-state index contributed by atoms with van der Waals surface area (Å²) in [5.41, 5.74) is 6.81. The molecule has 2 aromatic heterocycles. The van der Waals surface area contributed by atoms with Crippen LogP contribution in [0.25, 0.3) is 38.8 Å². The van der Waals surface area contributed by atoms with Crippen molar-refractivity contribution in [3.63, 3.8) is 0 Å². The summed E-state index contributed by atoms with van der Waals surface area (Å²) in [6, 6.07) is 36.0. The molecule has 9 rings (SSSR count). The van der Waals surface area contributed by atoms with E-state index in [2.05, 4.69) is 46.4 Å². The number of benzene rings is 6. The van der Waals surface area contributed by atoms with Crippen molar-refractivity contribution in [2.45, 2.75) is 19.8 Å². The molecular weight excluding hydrogens is 632 g/mol. The number of anilines is 4. The molecular formula is C45H35FN4O. The number of rotatable bonds is 7. The van der Waals surface area contributed by atoms with Crippen molar-refractivity contribution in [2.75, 3.05) is 16.5 Å². The highest BCUT2D eigenvalue weighted by Gasteiger charge is 2.28. The van der Waals surface area contributed by atoms with E-state index in [0.717, 1.165) is 44.7 Å². The number of nitrogens with zero attached hydrogens (tertiary/aromatic N) is 4. The lowest BCUT2D eigenvalue weighted by Gasteiger charge is -2.23. The average molecular weight is 672 g/mol. The molecule has 248 valence electrons. The maximum Gasteiger partial charge on any atom is 0.137 e. The number of ether oxygens (including phenoxy) is 1. The van der Waals surface area contributed by atoms with Crippen LogP contribution in [0.5, 0.6) is 11.5 Å². The van der Waals surface area contributed by atoms with Crippen molar-refractivity contribution >= 4 is 44.6 Å². The summed E-state index contributed by atoms with van der Waals surface area (Å²) in [7, 11) is 0. The van der Waals surface area contributed by atoms with Crippen LogP contribution in [0.1, 0.15) is 32.2 Å². The lowest BCUT2D eigenvalue weighted by molar-refractivity contribution is 0.483. The first-order valence-corrected chi connectivity index (χ1v) is 16.9. The second-order valence-corrected chi connectivity index (χ2v) is 12.9. The Balaban J connectivity index is 1.21. The molecule has 0 unspecified atom stereocenters. The van der Waals surface area contributed by atoms with Gasteiger partial charge in [0.15, 0.2) is 0 Å². The highest BCUT2D eigenvalue weighted by Crippen LogP contribution is 2.46. The molecule has 0 aliphatic carbocycles. The predicted octanol–water partition coefficient (Wildman–Crippen LogP) is 12.1. The summed E-state index contributed by atoms with van der Waals surface area (Å²) >= 11 is 0. The van der Waals surface area contributed by atoms with Gasteiger partial charge in [0, 0.05) is 40.5 Å². The molecule has 0 fully saturated rings. The van der Waals surface area contributed by atoms with Gasteiger partial charge in [-0.2, -0.15) is 0 Å². The van der Waals surface area contributed by atoms with Crippen molar-refractivity contribution in [3.05, 3.63) is 169 Å². The van der Waals surface area contributed by atoms with E-state index in [1.165, 1.54) is 17.7 Å². The van der Waals surface area contributed by atoms with E-state index in [9.17, 15) is 4.39 Å². The van der Waals surface area contributed by atoms with Gasteiger partial charge in [0.25, 0.3) is 0 Å². The molecule has 0 saturated heterocycles. The first kappa shape index (κ1) is 25.6. The zero-order chi connectivity index (χ0) is 38.8. The summed E-state index contributed by atoms with van der Waals surface area (Å²) < 4.78 is 65.6. The van der Waals surface area contributed by atoms with Crippen LogP contribution in [0.4, 0.5) is 27.1 Å². The fourth-order valence-electron chi connectivity index (χ4n) is 6.93. The molecule has 1 aliphatic rings. The molecule has 6 heteroatoms. The lowest BCUT2D eigenvalue weighted by Crippen LogP contribution is -2.24. The van der Waals surface area contributed by atoms with E-state index in [1.54, 1.807) is 18.2 Å². The molecule has 6 aromatic carbocycles. The smallest absolute Gasteiger partial charge is 0.137 e. The van der Waals surface area contributed by atoms with Crippen LogP contribution in [-0.2, 0) is 0 Å². The van der Waals surface area contributed by atoms with Crippen molar-refractivity contribution in [1.82, 2.24) is 9.55 Å². The second kappa shape index (κ2) is 12.5. The topological polar surface area (TPSA) is 33.5 Å². The van der Waals surface area contributed by atoms with Crippen LogP contribution < -0.4 is 14.5 Å². The van der Waals surface area contributed by atoms with Crippen molar-refractivity contribution in [2.24, 2.45) is 0 Å². The third-order valence-electron chi connectivity index (χ3n) is 9.42. The van der Waals surface area contributed by atoms with Gasteiger partial charge in [0.1, 0.15) is 29.8 Å². The average Bonchev–Trinajstić information content (AvgIpc) is 3.76. The quantitative estimate of drug-likeness (QED) is 0.169. The molecule has 8 aromatic rings. The fourth-order valence-corrected chi connectivity index (χ4v) is 6.93. The van der Waals surface area contributed by atoms with Crippen LogP contribution in [0.15, 0.2) is 158 Å². The summed E-state index contributed by atoms with van der Waals surface area (Å²) in [4.78, 5) is 8.92. The number of pyridine rings is 1. The SMILES string of the molecule is [2H]c1c([2H])c([2H])c(-c2cc(Oc3ccc4c5ccccc5n(-c5cc(C(C)C)ccn5)c4c3)cc(N3CN(c4ccc(F)cc4)c4ccccc43)c2)c([2H])c1[2H]. The molecule has 0 radical (unpaired) electrons. The van der Waals surface area contributed by atoms with Gasteiger partial charge in [-0.3, -0.25) is 4.57 Å². The Kier molecular flexibility index (Phi) is 6.26. The maximum absolute atomic E-state index is 14.0. The standard InChI is InChI=1S/C45H35FN4O/c1-30(2)32-22-23-47-45(26-32)50-41-13-7-6-12-39(41)40-21-20-37(28-44(40)50)51-38-25-33(31-10-4-3-5-11-31)24-36(27-38)49-29-48(35-18-16-34(46)17-19-35)42-14-8-9-15-43(42)49/h3-28,30H,29H2,1-2H3/i3D,4D,5D,10D,11D. The molecule has 0 bridgehead atoms. The Bertz CT molecular complexity index is 2810. The van der Waals surface area contributed by atoms with Crippen molar-refractivity contribution < 1.29 is 16.0 Å². The van der Waals surface area contributed by atoms with E-state index in [4.69, 9.17) is 16.6 Å². The van der Waals surface area contributed by atoms with E-state index in [0.29, 0.717) is 35.3 Å². The Labute approximate surface area is 303 Å². The Morgan fingerprint density at radius 2 is 1.39 bits per heavy atom. The third-order valence-corrected chi connectivity index (χ3v) is 9.42. The van der Waals surface area contributed by atoms with E-state index in [-0.39, 0.29) is 23.5 Å². The molecule has 0 saturated carbocycles. The van der Waals surface area contributed by atoms with Crippen molar-refractivity contribution in [3.8, 4) is 28.4 Å². The van der Waals surface area contributed by atoms with Gasteiger partial charge < -0.3 is 14.5 Å². The monoisotopic (exact) mass is 671 g/mol. The lowest BCUT2D eigenvalue weighted by atomic mass is 10.0. The highest BCUT2D eigenvalue weighted by molar-refractivity contribution is 6.09. The summed E-state index contributed by atoms with van der Waals surface area (Å²) in [5, 5.41) is 2.11. The maximum atomic E-state index is 14.0. The minimum absolute atomic E-state index is 0.0669. The predicted molar refractivity (Wildman–Crippen MR) is 207 cm³/mol. The minimum Gasteiger partial charge on any atom is -0.457 e. The van der Waals surface area contributed by atoms with E-state index in [1.807, 2.05) is 79.0 Å². The van der Waals surface area contributed by atoms with Crippen LogP contribution in [0.2, 0.25) is 0 Å². The minimum atomic E-state index is -0.461. The number of halogens is 1. The zero-order valence-electron chi connectivity index (χ0n) is 33.0.